The number of halogens is 1. The minimum absolute atomic E-state index is 0.707. The van der Waals surface area contributed by atoms with Crippen LogP contribution in [0.1, 0.15) is 19.3 Å². The molecule has 0 fully saturated rings. The van der Waals surface area contributed by atoms with Gasteiger partial charge in [-0.15, -0.1) is 0 Å². The van der Waals surface area contributed by atoms with Crippen LogP contribution in [0.25, 0.3) is 0 Å². The van der Waals surface area contributed by atoms with E-state index in [9.17, 15) is 0 Å². The maximum absolute atomic E-state index is 5.28. The molecule has 0 rings (SSSR count). The van der Waals surface area contributed by atoms with Gasteiger partial charge >= 0.3 is 0 Å². The normalized spacial score (nSPS) is 10.4. The van der Waals surface area contributed by atoms with Gasteiger partial charge in [-0.2, -0.15) is 0 Å². The summed E-state index contributed by atoms with van der Waals surface area (Å²) in [6.07, 6.45) is 3.65. The van der Waals surface area contributed by atoms with Gasteiger partial charge in [-0.1, -0.05) is 22.4 Å². The van der Waals surface area contributed by atoms with Crippen molar-refractivity contribution >= 4 is 15.9 Å². The minimum Gasteiger partial charge on any atom is -0.382 e. The highest BCUT2D eigenvalue weighted by molar-refractivity contribution is 9.09. The lowest BCUT2D eigenvalue weighted by Crippen LogP contribution is -2.02. The summed E-state index contributed by atoms with van der Waals surface area (Å²) >= 11 is 3.38. The van der Waals surface area contributed by atoms with Crippen molar-refractivity contribution in [1.82, 2.24) is 0 Å². The summed E-state index contributed by atoms with van der Waals surface area (Å²) in [5, 5.41) is 1.10. The van der Waals surface area contributed by atoms with Crippen molar-refractivity contribution in [3.05, 3.63) is 0 Å². The molecule has 0 unspecified atom stereocenters. The number of unbranched alkanes of at least 4 members (excludes halogenated alkanes) is 2. The SMILES string of the molecule is COCCOCCCCCBr. The van der Waals surface area contributed by atoms with Crippen LogP contribution < -0.4 is 0 Å². The molecule has 0 aromatic heterocycles. The van der Waals surface area contributed by atoms with Gasteiger partial charge in [0.2, 0.25) is 0 Å². The predicted molar refractivity (Wildman–Crippen MR) is 50.3 cm³/mol. The van der Waals surface area contributed by atoms with Gasteiger partial charge < -0.3 is 9.47 Å². The van der Waals surface area contributed by atoms with E-state index in [0.717, 1.165) is 25.0 Å². The number of hydrogen-bond acceptors (Lipinski definition) is 2. The Balaban J connectivity index is 2.69. The molecule has 0 aliphatic carbocycles. The van der Waals surface area contributed by atoms with Gasteiger partial charge in [-0.05, 0) is 12.8 Å². The standard InChI is InChI=1S/C8H17BrO2/c1-10-7-8-11-6-4-2-3-5-9/h2-8H2,1H3. The highest BCUT2D eigenvalue weighted by atomic mass is 79.9. The van der Waals surface area contributed by atoms with Crippen molar-refractivity contribution in [2.75, 3.05) is 32.3 Å². The van der Waals surface area contributed by atoms with Gasteiger partial charge in [0.1, 0.15) is 0 Å². The van der Waals surface area contributed by atoms with Crippen LogP contribution in [-0.2, 0) is 9.47 Å². The molecule has 0 heterocycles. The summed E-state index contributed by atoms with van der Waals surface area (Å²) in [6, 6.07) is 0. The van der Waals surface area contributed by atoms with E-state index in [1.54, 1.807) is 7.11 Å². The Hall–Kier alpha value is 0.400. The zero-order chi connectivity index (χ0) is 8.36. The molecule has 0 aliphatic heterocycles. The molecule has 0 amide bonds. The molecule has 0 aliphatic rings. The molecule has 68 valence electrons. The zero-order valence-corrected chi connectivity index (χ0v) is 8.73. The lowest BCUT2D eigenvalue weighted by Gasteiger charge is -2.01. The molecule has 0 saturated carbocycles. The maximum Gasteiger partial charge on any atom is 0.0700 e. The molecule has 0 aromatic rings. The highest BCUT2D eigenvalue weighted by Crippen LogP contribution is 1.98. The van der Waals surface area contributed by atoms with E-state index in [0.29, 0.717) is 6.61 Å². The maximum atomic E-state index is 5.28. The van der Waals surface area contributed by atoms with E-state index in [1.807, 2.05) is 0 Å². The van der Waals surface area contributed by atoms with E-state index in [1.165, 1.54) is 12.8 Å². The van der Waals surface area contributed by atoms with Crippen molar-refractivity contribution < 1.29 is 9.47 Å². The molecule has 0 atom stereocenters. The molecule has 0 aromatic carbocycles. The van der Waals surface area contributed by atoms with Crippen molar-refractivity contribution in [2.45, 2.75) is 19.3 Å². The van der Waals surface area contributed by atoms with Crippen molar-refractivity contribution in [2.24, 2.45) is 0 Å². The molecule has 3 heteroatoms. The topological polar surface area (TPSA) is 18.5 Å². The van der Waals surface area contributed by atoms with E-state index in [-0.39, 0.29) is 0 Å². The van der Waals surface area contributed by atoms with E-state index >= 15 is 0 Å². The first-order valence-corrected chi connectivity index (χ1v) is 5.16. The number of hydrogen-bond donors (Lipinski definition) is 0. The number of rotatable bonds is 8. The summed E-state index contributed by atoms with van der Waals surface area (Å²) in [7, 11) is 1.69. The summed E-state index contributed by atoms with van der Waals surface area (Å²) in [4.78, 5) is 0. The molecule has 0 bridgehead atoms. The lowest BCUT2D eigenvalue weighted by atomic mass is 10.3. The second-order valence-electron chi connectivity index (χ2n) is 2.35. The quantitative estimate of drug-likeness (QED) is 0.465. The van der Waals surface area contributed by atoms with Crippen LogP contribution in [0.5, 0.6) is 0 Å². The Kier molecular flexibility index (Phi) is 10.8. The summed E-state index contributed by atoms with van der Waals surface area (Å²) in [6.45, 7) is 2.31. The molecular formula is C8H17BrO2. The smallest absolute Gasteiger partial charge is 0.0700 e. The molecule has 2 nitrogen and oxygen atoms in total. The van der Waals surface area contributed by atoms with Crippen LogP contribution >= 0.6 is 15.9 Å². The average Bonchev–Trinajstić information content (AvgIpc) is 2.03. The summed E-state index contributed by atoms with van der Waals surface area (Å²) in [5.74, 6) is 0. The number of methoxy groups -OCH3 is 1. The molecule has 0 radical (unpaired) electrons. The van der Waals surface area contributed by atoms with Gasteiger partial charge in [0.15, 0.2) is 0 Å². The highest BCUT2D eigenvalue weighted by Gasteiger charge is 1.88. The molecule has 0 N–H and O–H groups in total. The zero-order valence-electron chi connectivity index (χ0n) is 7.14. The predicted octanol–water partition coefficient (Wildman–Crippen LogP) is 2.21. The van der Waals surface area contributed by atoms with Gasteiger partial charge in [0.05, 0.1) is 13.2 Å². The van der Waals surface area contributed by atoms with Gasteiger partial charge in [0, 0.05) is 19.0 Å². The van der Waals surface area contributed by atoms with E-state index in [2.05, 4.69) is 15.9 Å². The third kappa shape index (κ3) is 10.4. The van der Waals surface area contributed by atoms with Crippen molar-refractivity contribution in [3.8, 4) is 0 Å². The Labute approximate surface area is 77.4 Å². The van der Waals surface area contributed by atoms with Gasteiger partial charge in [0.25, 0.3) is 0 Å². The monoisotopic (exact) mass is 224 g/mol. The molecular weight excluding hydrogens is 208 g/mol. The van der Waals surface area contributed by atoms with Crippen LogP contribution in [0.3, 0.4) is 0 Å². The third-order valence-corrected chi connectivity index (χ3v) is 1.91. The molecule has 11 heavy (non-hydrogen) atoms. The first kappa shape index (κ1) is 11.4. The fourth-order valence-electron chi connectivity index (χ4n) is 0.720. The first-order chi connectivity index (χ1) is 5.41. The number of ether oxygens (including phenoxy) is 2. The largest absolute Gasteiger partial charge is 0.382 e. The second-order valence-corrected chi connectivity index (χ2v) is 3.15. The van der Waals surface area contributed by atoms with Crippen molar-refractivity contribution in [1.29, 1.82) is 0 Å². The van der Waals surface area contributed by atoms with Crippen LogP contribution in [0.15, 0.2) is 0 Å². The first-order valence-electron chi connectivity index (χ1n) is 4.04. The van der Waals surface area contributed by atoms with E-state index < -0.39 is 0 Å². The summed E-state index contributed by atoms with van der Waals surface area (Å²) in [5.41, 5.74) is 0. The Bertz CT molecular complexity index is 61.1. The van der Waals surface area contributed by atoms with Gasteiger partial charge in [-0.25, -0.2) is 0 Å². The lowest BCUT2D eigenvalue weighted by molar-refractivity contribution is 0.0688. The molecule has 0 saturated heterocycles. The Morgan fingerprint density at radius 2 is 1.82 bits per heavy atom. The van der Waals surface area contributed by atoms with Gasteiger partial charge in [-0.3, -0.25) is 0 Å². The second kappa shape index (κ2) is 10.4. The van der Waals surface area contributed by atoms with Crippen LogP contribution in [-0.4, -0.2) is 32.3 Å². The average molecular weight is 225 g/mol. The third-order valence-electron chi connectivity index (χ3n) is 1.35. The van der Waals surface area contributed by atoms with Crippen LogP contribution in [0.2, 0.25) is 0 Å². The van der Waals surface area contributed by atoms with Crippen LogP contribution in [0, 0.1) is 0 Å². The minimum atomic E-state index is 0.707. The molecule has 0 spiro atoms. The van der Waals surface area contributed by atoms with E-state index in [4.69, 9.17) is 9.47 Å². The van der Waals surface area contributed by atoms with Crippen molar-refractivity contribution in [3.63, 3.8) is 0 Å². The van der Waals surface area contributed by atoms with Crippen LogP contribution in [0.4, 0.5) is 0 Å². The Morgan fingerprint density at radius 3 is 2.45 bits per heavy atom. The summed E-state index contributed by atoms with van der Waals surface area (Å²) < 4.78 is 10.1. The number of alkyl halides is 1. The fraction of sp³-hybridized carbons (Fsp3) is 1.00. The fourth-order valence-corrected chi connectivity index (χ4v) is 1.12. The Morgan fingerprint density at radius 1 is 1.00 bits per heavy atom.